The van der Waals surface area contributed by atoms with Crippen LogP contribution in [0.1, 0.15) is 27.9 Å². The lowest BCUT2D eigenvalue weighted by Crippen LogP contribution is -2.74. The summed E-state index contributed by atoms with van der Waals surface area (Å²) in [6, 6.07) is 12.3. The molecule has 3 aliphatic carbocycles. The summed E-state index contributed by atoms with van der Waals surface area (Å²) in [5.74, 6) is -10.3. The predicted molar refractivity (Wildman–Crippen MR) is 155 cm³/mol. The molecule has 11 heteroatoms. The van der Waals surface area contributed by atoms with Crippen LogP contribution >= 0.6 is 0 Å². The molecular weight excluding hydrogens is 552 g/mol. The second-order valence-electron chi connectivity index (χ2n) is 12.5. The van der Waals surface area contributed by atoms with Crippen LogP contribution in [0.5, 0.6) is 5.75 Å². The van der Waals surface area contributed by atoms with Crippen LogP contribution in [0, 0.1) is 23.7 Å². The first-order valence-corrected chi connectivity index (χ1v) is 14.7. The van der Waals surface area contributed by atoms with E-state index >= 15 is 0 Å². The van der Waals surface area contributed by atoms with Gasteiger partial charge in [0.25, 0.3) is 0 Å². The number of carbonyl (C=O) groups is 5. The van der Waals surface area contributed by atoms with Crippen molar-refractivity contribution in [2.45, 2.75) is 31.0 Å². The maximum Gasteiger partial charge on any atom is 0.235 e. The van der Waals surface area contributed by atoms with E-state index in [1.165, 1.54) is 16.7 Å². The van der Waals surface area contributed by atoms with Gasteiger partial charge in [-0.15, -0.1) is 0 Å². The number of aromatic hydroxyl groups is 1. The molecule has 0 spiro atoms. The lowest BCUT2D eigenvalue weighted by molar-refractivity contribution is -0.181. The molecule has 1 saturated heterocycles. The summed E-state index contributed by atoms with van der Waals surface area (Å²) in [6.45, 7) is 3.82. The number of hydrogen-bond acceptors (Lipinski definition) is 10. The SMILES string of the molecule is CN(C)[C@@H]1C(=O)C(C(N)=O)C(=O)[C@@]2(O)C(=O)C3C(=O)c4c(O)ccc(CN5CCN(c6ccccc6)CC5)c4C[C@H]3C[C@@H]12. The van der Waals surface area contributed by atoms with Crippen molar-refractivity contribution in [3.05, 3.63) is 59.2 Å². The number of carbonyl (C=O) groups excluding carboxylic acids is 5. The van der Waals surface area contributed by atoms with Crippen molar-refractivity contribution in [3.63, 3.8) is 0 Å². The molecule has 6 rings (SSSR count). The van der Waals surface area contributed by atoms with E-state index < -0.39 is 64.4 Å². The largest absolute Gasteiger partial charge is 0.507 e. The summed E-state index contributed by atoms with van der Waals surface area (Å²) >= 11 is 0. The Morgan fingerprint density at radius 2 is 1.67 bits per heavy atom. The Bertz CT molecular complexity index is 1520. The van der Waals surface area contributed by atoms with Gasteiger partial charge in [-0.1, -0.05) is 24.3 Å². The van der Waals surface area contributed by atoms with Crippen molar-refractivity contribution >= 4 is 34.7 Å². The molecule has 4 N–H and O–H groups in total. The lowest BCUT2D eigenvalue weighted by Gasteiger charge is -2.52. The monoisotopic (exact) mass is 588 g/mol. The van der Waals surface area contributed by atoms with Crippen molar-refractivity contribution in [1.29, 1.82) is 0 Å². The van der Waals surface area contributed by atoms with Gasteiger partial charge in [0, 0.05) is 44.3 Å². The molecule has 0 aromatic heterocycles. The molecular formula is C32H36N4O7. The standard InChI is InChI=1S/C32H36N4O7/c1-34(2)26-21-15-18-14-20-17(16-35-10-12-36(13-11-35)19-6-4-3-5-7-19)8-9-22(37)24(20)27(38)23(18)29(40)32(21,43)30(41)25(28(26)39)31(33)42/h3-9,18,21,23,25-26,37,43H,10-16H2,1-2H3,(H2,33,42)/t18-,21-,23?,25?,26-,32-/m0/s1. The van der Waals surface area contributed by atoms with Gasteiger partial charge in [0.1, 0.15) is 5.75 Å². The highest BCUT2D eigenvalue weighted by Gasteiger charge is 2.69. The number of ketones is 4. The minimum absolute atomic E-state index is 0.0343. The third-order valence-corrected chi connectivity index (χ3v) is 9.93. The number of phenols is 1. The van der Waals surface area contributed by atoms with Gasteiger partial charge in [-0.25, -0.2) is 0 Å². The summed E-state index contributed by atoms with van der Waals surface area (Å²) in [5, 5.41) is 22.5. The average molecular weight is 589 g/mol. The van der Waals surface area contributed by atoms with Gasteiger partial charge in [0.05, 0.1) is 17.5 Å². The highest BCUT2D eigenvalue weighted by Crippen LogP contribution is 2.51. The molecule has 0 bridgehead atoms. The van der Waals surface area contributed by atoms with E-state index in [0.717, 1.165) is 31.7 Å². The zero-order valence-corrected chi connectivity index (χ0v) is 24.2. The van der Waals surface area contributed by atoms with Crippen LogP contribution in [0.25, 0.3) is 0 Å². The van der Waals surface area contributed by atoms with Gasteiger partial charge in [0.2, 0.25) is 5.91 Å². The van der Waals surface area contributed by atoms with Crippen molar-refractivity contribution < 1.29 is 34.2 Å². The van der Waals surface area contributed by atoms with E-state index in [9.17, 15) is 34.2 Å². The number of Topliss-reactive ketones (excluding diaryl/α,β-unsaturated/α-hetero) is 4. The lowest BCUT2D eigenvalue weighted by atomic mass is 9.52. The zero-order chi connectivity index (χ0) is 30.8. The normalized spacial score (nSPS) is 31.1. The minimum atomic E-state index is -2.72. The number of aliphatic hydroxyl groups is 1. The number of primary amides is 1. The summed E-state index contributed by atoms with van der Waals surface area (Å²) in [7, 11) is 3.14. The van der Waals surface area contributed by atoms with E-state index in [1.54, 1.807) is 20.2 Å². The van der Waals surface area contributed by atoms with Gasteiger partial charge in [-0.3, -0.25) is 33.8 Å². The Labute approximate surface area is 249 Å². The Hall–Kier alpha value is -3.93. The molecule has 3 fully saturated rings. The van der Waals surface area contributed by atoms with Gasteiger partial charge in [0.15, 0.2) is 34.7 Å². The number of para-hydroxylation sites is 1. The number of fused-ring (bicyclic) bond motifs is 3. The molecule has 43 heavy (non-hydrogen) atoms. The number of piperazine rings is 1. The van der Waals surface area contributed by atoms with E-state index in [-0.39, 0.29) is 24.2 Å². The number of hydrogen-bond donors (Lipinski definition) is 3. The maximum absolute atomic E-state index is 14.0. The predicted octanol–water partition coefficient (Wildman–Crippen LogP) is 0.189. The number of rotatable bonds is 5. The number of anilines is 1. The molecule has 1 heterocycles. The first kappa shape index (κ1) is 29.2. The summed E-state index contributed by atoms with van der Waals surface area (Å²) in [6.07, 6.45) is 0.300. The number of nitrogens with two attached hydrogens (primary N) is 1. The van der Waals surface area contributed by atoms with Crippen LogP contribution in [0.3, 0.4) is 0 Å². The number of phenolic OH excluding ortho intramolecular Hbond substituents is 1. The number of benzene rings is 2. The molecule has 0 radical (unpaired) electrons. The molecule has 2 aromatic carbocycles. The second-order valence-corrected chi connectivity index (χ2v) is 12.5. The first-order chi connectivity index (χ1) is 20.4. The van der Waals surface area contributed by atoms with E-state index in [4.69, 9.17) is 5.73 Å². The third kappa shape index (κ3) is 4.49. The zero-order valence-electron chi connectivity index (χ0n) is 24.2. The highest BCUT2D eigenvalue weighted by molar-refractivity contribution is 6.32. The fourth-order valence-corrected chi connectivity index (χ4v) is 7.86. The number of amides is 1. The molecule has 4 aliphatic rings. The molecule has 226 valence electrons. The van der Waals surface area contributed by atoms with Crippen LogP contribution in [0.15, 0.2) is 42.5 Å². The topological polar surface area (TPSA) is 162 Å². The summed E-state index contributed by atoms with van der Waals surface area (Å²) < 4.78 is 0. The fraction of sp³-hybridized carbons (Fsp3) is 0.469. The number of likely N-dealkylation sites (N-methyl/N-ethyl adjacent to an activating group) is 1. The van der Waals surface area contributed by atoms with Crippen LogP contribution < -0.4 is 10.6 Å². The summed E-state index contributed by atoms with van der Waals surface area (Å²) in [4.78, 5) is 72.9. The molecule has 1 aliphatic heterocycles. The van der Waals surface area contributed by atoms with Crippen LogP contribution in [-0.2, 0) is 32.1 Å². The second kappa shape index (κ2) is 10.7. The Morgan fingerprint density at radius 3 is 2.30 bits per heavy atom. The van der Waals surface area contributed by atoms with Crippen molar-refractivity contribution in [3.8, 4) is 5.75 Å². The molecule has 6 atom stereocenters. The highest BCUT2D eigenvalue weighted by atomic mass is 16.3. The van der Waals surface area contributed by atoms with Crippen molar-refractivity contribution in [1.82, 2.24) is 9.80 Å². The fourth-order valence-electron chi connectivity index (χ4n) is 7.86. The minimum Gasteiger partial charge on any atom is -0.507 e. The smallest absolute Gasteiger partial charge is 0.235 e. The molecule has 2 aromatic rings. The average Bonchev–Trinajstić information content (AvgIpc) is 2.97. The van der Waals surface area contributed by atoms with E-state index in [0.29, 0.717) is 12.1 Å². The van der Waals surface area contributed by atoms with Crippen LogP contribution in [-0.4, -0.2) is 101 Å². The van der Waals surface area contributed by atoms with E-state index in [1.807, 2.05) is 18.2 Å². The Morgan fingerprint density at radius 1 is 1.00 bits per heavy atom. The maximum atomic E-state index is 14.0. The number of nitrogens with zero attached hydrogens (tertiary/aromatic N) is 3. The third-order valence-electron chi connectivity index (χ3n) is 9.93. The molecule has 11 nitrogen and oxygen atoms in total. The van der Waals surface area contributed by atoms with Crippen LogP contribution in [0.4, 0.5) is 5.69 Å². The van der Waals surface area contributed by atoms with Gasteiger partial charge < -0.3 is 20.8 Å². The Kier molecular flexibility index (Phi) is 7.22. The van der Waals surface area contributed by atoms with Gasteiger partial charge >= 0.3 is 0 Å². The Balaban J connectivity index is 1.30. The van der Waals surface area contributed by atoms with Gasteiger partial charge in [-0.05, 0) is 62.2 Å². The van der Waals surface area contributed by atoms with E-state index in [2.05, 4.69) is 21.9 Å². The molecule has 2 unspecified atom stereocenters. The van der Waals surface area contributed by atoms with Crippen LogP contribution in [0.2, 0.25) is 0 Å². The van der Waals surface area contributed by atoms with Crippen molar-refractivity contribution in [2.24, 2.45) is 29.4 Å². The summed E-state index contributed by atoms with van der Waals surface area (Å²) in [5.41, 5.74) is 5.39. The van der Waals surface area contributed by atoms with Gasteiger partial charge in [-0.2, -0.15) is 0 Å². The quantitative estimate of drug-likeness (QED) is 0.411. The first-order valence-electron chi connectivity index (χ1n) is 14.7. The molecule has 2 saturated carbocycles. The molecule has 1 amide bonds. The van der Waals surface area contributed by atoms with Crippen molar-refractivity contribution in [2.75, 3.05) is 45.2 Å².